The number of aromatic nitrogens is 3. The molecule has 0 N–H and O–H groups in total. The molecular weight excluding hydrogens is 298 g/mol. The Kier molecular flexibility index (Phi) is 2.75. The van der Waals surface area contributed by atoms with Gasteiger partial charge in [-0.3, -0.25) is 9.36 Å². The molecule has 6 heteroatoms. The van der Waals surface area contributed by atoms with E-state index in [0.717, 1.165) is 33.4 Å². The van der Waals surface area contributed by atoms with Gasteiger partial charge in [-0.2, -0.15) is 0 Å². The topological polar surface area (TPSA) is 57.0 Å². The van der Waals surface area contributed by atoms with Crippen molar-refractivity contribution in [3.8, 4) is 0 Å². The predicted molar refractivity (Wildman–Crippen MR) is 87.5 cm³/mol. The highest BCUT2D eigenvalue weighted by atomic mass is 32.1. The summed E-state index contributed by atoms with van der Waals surface area (Å²) < 4.78 is 8.14. The van der Waals surface area contributed by atoms with Crippen LogP contribution >= 0.6 is 11.3 Å². The lowest BCUT2D eigenvalue weighted by Crippen LogP contribution is -2.32. The maximum atomic E-state index is 12.4. The van der Waals surface area contributed by atoms with Gasteiger partial charge in [-0.05, 0) is 26.8 Å². The maximum Gasteiger partial charge on any atom is 0.271 e. The standard InChI is InChI=1S/C16H17N3O2S/c1-8-17-12-10-5-9-7-21-16(2,3)6-11(9)18-14(10)22-13(12)15(20)19(8)4/h5H,6-7H2,1-4H3. The largest absolute Gasteiger partial charge is 0.370 e. The monoisotopic (exact) mass is 315 g/mol. The molecular formula is C16H17N3O2S. The average molecular weight is 315 g/mol. The molecule has 0 fully saturated rings. The SMILES string of the molecule is Cc1nc2c(sc3nc4c(cc32)COC(C)(C)C4)c(=O)n1C. The molecule has 3 aromatic rings. The van der Waals surface area contributed by atoms with E-state index in [4.69, 9.17) is 9.72 Å². The first kappa shape index (κ1) is 13.8. The third-order valence-electron chi connectivity index (χ3n) is 4.29. The lowest BCUT2D eigenvalue weighted by Gasteiger charge is -2.30. The van der Waals surface area contributed by atoms with E-state index in [2.05, 4.69) is 24.9 Å². The van der Waals surface area contributed by atoms with Crippen LogP contribution in [0.1, 0.15) is 30.9 Å². The van der Waals surface area contributed by atoms with E-state index in [9.17, 15) is 4.79 Å². The summed E-state index contributed by atoms with van der Waals surface area (Å²) in [7, 11) is 1.75. The molecule has 5 nitrogen and oxygen atoms in total. The Balaban J connectivity index is 2.06. The first-order chi connectivity index (χ1) is 10.4. The highest BCUT2D eigenvalue weighted by molar-refractivity contribution is 7.25. The van der Waals surface area contributed by atoms with Crippen LogP contribution in [0.3, 0.4) is 0 Å². The van der Waals surface area contributed by atoms with Crippen LogP contribution in [0.15, 0.2) is 10.9 Å². The van der Waals surface area contributed by atoms with E-state index < -0.39 is 0 Å². The van der Waals surface area contributed by atoms with Crippen molar-refractivity contribution < 1.29 is 4.74 Å². The summed E-state index contributed by atoms with van der Waals surface area (Å²) in [6.07, 6.45) is 0.789. The van der Waals surface area contributed by atoms with Crippen molar-refractivity contribution in [2.75, 3.05) is 0 Å². The molecule has 0 spiro atoms. The molecule has 0 radical (unpaired) electrons. The molecule has 0 amide bonds. The minimum Gasteiger partial charge on any atom is -0.370 e. The van der Waals surface area contributed by atoms with Gasteiger partial charge in [-0.15, -0.1) is 11.3 Å². The molecule has 1 aliphatic heterocycles. The number of aryl methyl sites for hydroxylation is 1. The Morgan fingerprint density at radius 2 is 2.14 bits per heavy atom. The van der Waals surface area contributed by atoms with Crippen LogP contribution in [0.5, 0.6) is 0 Å². The van der Waals surface area contributed by atoms with Crippen molar-refractivity contribution in [2.24, 2.45) is 7.05 Å². The van der Waals surface area contributed by atoms with Crippen molar-refractivity contribution in [1.29, 1.82) is 0 Å². The molecule has 3 aromatic heterocycles. The number of ether oxygens (including phenoxy) is 1. The van der Waals surface area contributed by atoms with Crippen molar-refractivity contribution in [2.45, 2.75) is 39.4 Å². The van der Waals surface area contributed by atoms with E-state index in [1.54, 1.807) is 11.6 Å². The van der Waals surface area contributed by atoms with Gasteiger partial charge < -0.3 is 4.74 Å². The van der Waals surface area contributed by atoms with Crippen LogP contribution in [-0.4, -0.2) is 20.1 Å². The van der Waals surface area contributed by atoms with Gasteiger partial charge in [0.05, 0.1) is 23.4 Å². The normalized spacial score (nSPS) is 17.1. The lowest BCUT2D eigenvalue weighted by molar-refractivity contribution is -0.0411. The smallest absolute Gasteiger partial charge is 0.271 e. The van der Waals surface area contributed by atoms with Crippen LogP contribution in [0.4, 0.5) is 0 Å². The number of rotatable bonds is 0. The molecule has 4 heterocycles. The quantitative estimate of drug-likeness (QED) is 0.640. The van der Waals surface area contributed by atoms with Gasteiger partial charge in [0.2, 0.25) is 0 Å². The van der Waals surface area contributed by atoms with Crippen LogP contribution < -0.4 is 5.56 Å². The number of thiophene rings is 1. The first-order valence-electron chi connectivity index (χ1n) is 7.28. The number of nitrogens with zero attached hydrogens (tertiary/aromatic N) is 3. The minimum absolute atomic E-state index is 0.0000480. The van der Waals surface area contributed by atoms with E-state index in [1.807, 2.05) is 6.92 Å². The summed E-state index contributed by atoms with van der Waals surface area (Å²) in [5, 5.41) is 0.961. The Labute approximate surface area is 131 Å². The average Bonchev–Trinajstić information content (AvgIpc) is 2.79. The molecule has 1 aliphatic rings. The minimum atomic E-state index is -0.185. The third kappa shape index (κ3) is 1.90. The van der Waals surface area contributed by atoms with Gasteiger partial charge in [0, 0.05) is 24.4 Å². The van der Waals surface area contributed by atoms with Gasteiger partial charge in [0.15, 0.2) is 0 Å². The molecule has 0 atom stereocenters. The fraction of sp³-hybridized carbons (Fsp3) is 0.438. The van der Waals surface area contributed by atoms with Crippen molar-refractivity contribution in [1.82, 2.24) is 14.5 Å². The zero-order chi connectivity index (χ0) is 15.6. The molecule has 0 unspecified atom stereocenters. The van der Waals surface area contributed by atoms with Gasteiger partial charge >= 0.3 is 0 Å². The maximum absolute atomic E-state index is 12.4. The van der Waals surface area contributed by atoms with Crippen LogP contribution in [0.25, 0.3) is 20.4 Å². The zero-order valence-electron chi connectivity index (χ0n) is 13.1. The second-order valence-corrected chi connectivity index (χ2v) is 7.47. The molecule has 4 rings (SSSR count). The van der Waals surface area contributed by atoms with Gasteiger partial charge in [0.1, 0.15) is 15.4 Å². The van der Waals surface area contributed by atoms with Gasteiger partial charge in [-0.1, -0.05) is 0 Å². The van der Waals surface area contributed by atoms with E-state index in [-0.39, 0.29) is 11.2 Å². The summed E-state index contributed by atoms with van der Waals surface area (Å²) in [5.74, 6) is 0.715. The molecule has 0 saturated heterocycles. The summed E-state index contributed by atoms with van der Waals surface area (Å²) in [5.41, 5.74) is 2.76. The molecule has 0 aromatic carbocycles. The van der Waals surface area contributed by atoms with Crippen molar-refractivity contribution in [3.63, 3.8) is 0 Å². The number of fused-ring (bicyclic) bond motifs is 4. The van der Waals surface area contributed by atoms with Crippen LogP contribution in [0.2, 0.25) is 0 Å². The molecule has 0 bridgehead atoms. The van der Waals surface area contributed by atoms with Crippen molar-refractivity contribution >= 4 is 31.8 Å². The van der Waals surface area contributed by atoms with E-state index in [0.29, 0.717) is 17.1 Å². The van der Waals surface area contributed by atoms with E-state index >= 15 is 0 Å². The second kappa shape index (κ2) is 4.36. The number of pyridine rings is 1. The van der Waals surface area contributed by atoms with Crippen LogP contribution in [-0.2, 0) is 24.8 Å². The molecule has 22 heavy (non-hydrogen) atoms. The zero-order valence-corrected chi connectivity index (χ0v) is 13.9. The number of hydrogen-bond acceptors (Lipinski definition) is 5. The summed E-state index contributed by atoms with van der Waals surface area (Å²) >= 11 is 1.44. The number of hydrogen-bond donors (Lipinski definition) is 0. The lowest BCUT2D eigenvalue weighted by atomic mass is 9.95. The van der Waals surface area contributed by atoms with E-state index in [1.165, 1.54) is 11.3 Å². The first-order valence-corrected chi connectivity index (χ1v) is 8.10. The molecule has 0 aliphatic carbocycles. The summed E-state index contributed by atoms with van der Waals surface area (Å²) in [6, 6.07) is 2.09. The molecule has 0 saturated carbocycles. The fourth-order valence-electron chi connectivity index (χ4n) is 2.89. The highest BCUT2D eigenvalue weighted by Crippen LogP contribution is 2.34. The highest BCUT2D eigenvalue weighted by Gasteiger charge is 2.28. The Bertz CT molecular complexity index is 985. The Morgan fingerprint density at radius 3 is 2.91 bits per heavy atom. The summed E-state index contributed by atoms with van der Waals surface area (Å²) in [6.45, 7) is 6.56. The second-order valence-electron chi connectivity index (χ2n) is 6.48. The fourth-order valence-corrected chi connectivity index (χ4v) is 3.98. The van der Waals surface area contributed by atoms with Gasteiger partial charge in [-0.25, -0.2) is 9.97 Å². The predicted octanol–water partition coefficient (Wildman–Crippen LogP) is 2.70. The van der Waals surface area contributed by atoms with Gasteiger partial charge in [0.25, 0.3) is 5.56 Å². The third-order valence-corrected chi connectivity index (χ3v) is 5.37. The Morgan fingerprint density at radius 1 is 1.36 bits per heavy atom. The molecule has 114 valence electrons. The Hall–Kier alpha value is -1.79. The van der Waals surface area contributed by atoms with Crippen molar-refractivity contribution in [3.05, 3.63) is 33.5 Å². The summed E-state index contributed by atoms with van der Waals surface area (Å²) in [4.78, 5) is 22.7. The van der Waals surface area contributed by atoms with Crippen LogP contribution in [0, 0.1) is 6.92 Å².